The number of aliphatic hydroxyl groups excluding tert-OH is 1. The number of aryl methyl sites for hydroxylation is 1. The van der Waals surface area contributed by atoms with Gasteiger partial charge in [0.2, 0.25) is 5.88 Å². The van der Waals surface area contributed by atoms with Crippen LogP contribution in [0.2, 0.25) is 0 Å². The summed E-state index contributed by atoms with van der Waals surface area (Å²) in [6, 6.07) is 13.2. The molecule has 0 saturated heterocycles. The molecular formula is C15H17NO2. The van der Waals surface area contributed by atoms with E-state index in [4.69, 9.17) is 4.74 Å². The normalized spacial score (nSPS) is 12.2. The predicted molar refractivity (Wildman–Crippen MR) is 70.7 cm³/mol. The molecule has 0 aliphatic heterocycles. The van der Waals surface area contributed by atoms with Crippen LogP contribution in [0.1, 0.15) is 30.7 Å². The Kier molecular flexibility index (Phi) is 3.95. The van der Waals surface area contributed by atoms with Gasteiger partial charge >= 0.3 is 0 Å². The van der Waals surface area contributed by atoms with Crippen molar-refractivity contribution in [3.63, 3.8) is 0 Å². The maximum atomic E-state index is 9.81. The van der Waals surface area contributed by atoms with E-state index in [2.05, 4.69) is 4.98 Å². The fourth-order valence-electron chi connectivity index (χ4n) is 1.79. The molecule has 2 aromatic rings. The first-order valence-electron chi connectivity index (χ1n) is 6.09. The van der Waals surface area contributed by atoms with Crippen LogP contribution >= 0.6 is 0 Å². The maximum absolute atomic E-state index is 9.81. The first kappa shape index (κ1) is 12.6. The second-order valence-electron chi connectivity index (χ2n) is 4.16. The third-order valence-electron chi connectivity index (χ3n) is 2.81. The molecule has 18 heavy (non-hydrogen) atoms. The summed E-state index contributed by atoms with van der Waals surface area (Å²) in [5.74, 6) is 1.30. The van der Waals surface area contributed by atoms with Crippen LogP contribution in [0.3, 0.4) is 0 Å². The van der Waals surface area contributed by atoms with Crippen LogP contribution in [0.25, 0.3) is 0 Å². The molecule has 2 rings (SSSR count). The van der Waals surface area contributed by atoms with Gasteiger partial charge < -0.3 is 9.84 Å². The molecule has 0 bridgehead atoms. The molecule has 0 fully saturated rings. The molecule has 1 atom stereocenters. The smallest absolute Gasteiger partial charge is 0.219 e. The standard InChI is InChI=1S/C15H17NO2/c1-3-14(17)13-9-10-15(16-11(13)2)18-12-7-5-4-6-8-12/h4-10,14,17H,3H2,1-2H3/t14-/m0/s1. The Balaban J connectivity index is 2.19. The lowest BCUT2D eigenvalue weighted by atomic mass is 10.1. The molecule has 0 unspecified atom stereocenters. The first-order chi connectivity index (χ1) is 8.70. The van der Waals surface area contributed by atoms with Crippen molar-refractivity contribution in [3.05, 3.63) is 53.7 Å². The molecule has 0 aliphatic rings. The van der Waals surface area contributed by atoms with E-state index in [-0.39, 0.29) is 0 Å². The van der Waals surface area contributed by atoms with Crippen LogP contribution in [0.4, 0.5) is 0 Å². The lowest BCUT2D eigenvalue weighted by molar-refractivity contribution is 0.172. The van der Waals surface area contributed by atoms with E-state index < -0.39 is 6.10 Å². The number of hydrogen-bond acceptors (Lipinski definition) is 3. The highest BCUT2D eigenvalue weighted by atomic mass is 16.5. The van der Waals surface area contributed by atoms with E-state index in [1.54, 1.807) is 6.07 Å². The van der Waals surface area contributed by atoms with Gasteiger partial charge in [-0.25, -0.2) is 4.98 Å². The quantitative estimate of drug-likeness (QED) is 0.891. The van der Waals surface area contributed by atoms with Crippen LogP contribution in [0.15, 0.2) is 42.5 Å². The lowest BCUT2D eigenvalue weighted by Crippen LogP contribution is -2.01. The van der Waals surface area contributed by atoms with Gasteiger partial charge in [-0.2, -0.15) is 0 Å². The summed E-state index contributed by atoms with van der Waals surface area (Å²) >= 11 is 0. The number of aliphatic hydroxyl groups is 1. The van der Waals surface area contributed by atoms with Crippen molar-refractivity contribution in [2.45, 2.75) is 26.4 Å². The zero-order chi connectivity index (χ0) is 13.0. The molecule has 0 spiro atoms. The average Bonchev–Trinajstić information content (AvgIpc) is 2.39. The van der Waals surface area contributed by atoms with E-state index in [1.807, 2.05) is 50.2 Å². The van der Waals surface area contributed by atoms with Gasteiger partial charge in [-0.05, 0) is 31.5 Å². The van der Waals surface area contributed by atoms with Crippen LogP contribution in [0.5, 0.6) is 11.6 Å². The van der Waals surface area contributed by atoms with Crippen molar-refractivity contribution in [1.29, 1.82) is 0 Å². The molecule has 0 radical (unpaired) electrons. The number of aromatic nitrogens is 1. The molecular weight excluding hydrogens is 226 g/mol. The van der Waals surface area contributed by atoms with Gasteiger partial charge in [-0.1, -0.05) is 25.1 Å². The van der Waals surface area contributed by atoms with Crippen molar-refractivity contribution in [2.75, 3.05) is 0 Å². The highest BCUT2D eigenvalue weighted by molar-refractivity contribution is 5.31. The summed E-state index contributed by atoms with van der Waals surface area (Å²) < 4.78 is 5.63. The lowest BCUT2D eigenvalue weighted by Gasteiger charge is -2.12. The number of para-hydroxylation sites is 1. The summed E-state index contributed by atoms with van der Waals surface area (Å²) in [4.78, 5) is 4.36. The topological polar surface area (TPSA) is 42.4 Å². The van der Waals surface area contributed by atoms with Gasteiger partial charge in [-0.15, -0.1) is 0 Å². The van der Waals surface area contributed by atoms with Gasteiger partial charge in [0.25, 0.3) is 0 Å². The molecule has 3 nitrogen and oxygen atoms in total. The van der Waals surface area contributed by atoms with Crippen LogP contribution in [-0.2, 0) is 0 Å². The first-order valence-corrected chi connectivity index (χ1v) is 6.09. The Hall–Kier alpha value is -1.87. The second-order valence-corrected chi connectivity index (χ2v) is 4.16. The summed E-state index contributed by atoms with van der Waals surface area (Å²) in [6.45, 7) is 3.82. The molecule has 0 amide bonds. The van der Waals surface area contributed by atoms with Crippen molar-refractivity contribution >= 4 is 0 Å². The Morgan fingerprint density at radius 3 is 2.50 bits per heavy atom. The molecule has 1 aromatic carbocycles. The summed E-state index contributed by atoms with van der Waals surface area (Å²) in [5, 5.41) is 9.81. The van der Waals surface area contributed by atoms with Crippen molar-refractivity contribution in [3.8, 4) is 11.6 Å². The number of benzene rings is 1. The summed E-state index contributed by atoms with van der Waals surface area (Å²) in [7, 11) is 0. The highest BCUT2D eigenvalue weighted by Gasteiger charge is 2.10. The van der Waals surface area contributed by atoms with E-state index in [9.17, 15) is 5.11 Å². The summed E-state index contributed by atoms with van der Waals surface area (Å²) in [6.07, 6.45) is 0.227. The number of ether oxygens (including phenoxy) is 1. The number of nitrogens with zero attached hydrogens (tertiary/aromatic N) is 1. The molecule has 0 saturated carbocycles. The molecule has 1 N–H and O–H groups in total. The largest absolute Gasteiger partial charge is 0.439 e. The van der Waals surface area contributed by atoms with Gasteiger partial charge in [0.1, 0.15) is 5.75 Å². The van der Waals surface area contributed by atoms with E-state index in [0.29, 0.717) is 12.3 Å². The van der Waals surface area contributed by atoms with Crippen LogP contribution in [-0.4, -0.2) is 10.1 Å². The monoisotopic (exact) mass is 243 g/mol. The Bertz CT molecular complexity index is 511. The minimum Gasteiger partial charge on any atom is -0.439 e. The molecule has 0 aliphatic carbocycles. The third kappa shape index (κ3) is 2.87. The molecule has 3 heteroatoms. The third-order valence-corrected chi connectivity index (χ3v) is 2.81. The van der Waals surface area contributed by atoms with Gasteiger partial charge in [0, 0.05) is 17.3 Å². The Morgan fingerprint density at radius 1 is 1.17 bits per heavy atom. The fourth-order valence-corrected chi connectivity index (χ4v) is 1.79. The van der Waals surface area contributed by atoms with Crippen molar-refractivity contribution in [1.82, 2.24) is 4.98 Å². The van der Waals surface area contributed by atoms with Crippen LogP contribution < -0.4 is 4.74 Å². The zero-order valence-electron chi connectivity index (χ0n) is 10.6. The minimum absolute atomic E-state index is 0.455. The van der Waals surface area contributed by atoms with Gasteiger partial charge in [0.05, 0.1) is 6.10 Å². The van der Waals surface area contributed by atoms with E-state index in [0.717, 1.165) is 17.0 Å². The van der Waals surface area contributed by atoms with E-state index >= 15 is 0 Å². The molecule has 94 valence electrons. The van der Waals surface area contributed by atoms with E-state index in [1.165, 1.54) is 0 Å². The number of rotatable bonds is 4. The average molecular weight is 243 g/mol. The zero-order valence-corrected chi connectivity index (χ0v) is 10.6. The van der Waals surface area contributed by atoms with Gasteiger partial charge in [0.15, 0.2) is 0 Å². The highest BCUT2D eigenvalue weighted by Crippen LogP contribution is 2.24. The minimum atomic E-state index is -0.455. The van der Waals surface area contributed by atoms with Crippen molar-refractivity contribution < 1.29 is 9.84 Å². The fraction of sp³-hybridized carbons (Fsp3) is 0.267. The van der Waals surface area contributed by atoms with Gasteiger partial charge in [-0.3, -0.25) is 0 Å². The summed E-state index contributed by atoms with van der Waals surface area (Å²) in [5.41, 5.74) is 1.66. The van der Waals surface area contributed by atoms with Crippen LogP contribution in [0, 0.1) is 6.92 Å². The Labute approximate surface area is 107 Å². The maximum Gasteiger partial charge on any atom is 0.219 e. The SMILES string of the molecule is CC[C@H](O)c1ccc(Oc2ccccc2)nc1C. The van der Waals surface area contributed by atoms with Crippen molar-refractivity contribution in [2.24, 2.45) is 0 Å². The second kappa shape index (κ2) is 5.65. The predicted octanol–water partition coefficient (Wildman–Crippen LogP) is 3.63. The number of pyridine rings is 1. The molecule has 1 heterocycles. The molecule has 1 aromatic heterocycles. The number of hydrogen-bond donors (Lipinski definition) is 1. The Morgan fingerprint density at radius 2 is 1.89 bits per heavy atom.